The zero-order chi connectivity index (χ0) is 15.9. The van der Waals surface area contributed by atoms with E-state index in [1.165, 1.54) is 0 Å². The van der Waals surface area contributed by atoms with Gasteiger partial charge < -0.3 is 5.32 Å². The summed E-state index contributed by atoms with van der Waals surface area (Å²) in [7, 11) is -3.63. The normalized spacial score (nSPS) is 14.0. The Bertz CT molecular complexity index is 835. The molecule has 3 N–H and O–H groups in total. The molecule has 1 aliphatic heterocycles. The summed E-state index contributed by atoms with van der Waals surface area (Å²) in [5, 5.41) is 9.31. The molecule has 0 saturated carbocycles. The van der Waals surface area contributed by atoms with Crippen molar-refractivity contribution in [2.45, 2.75) is 31.7 Å². The van der Waals surface area contributed by atoms with E-state index in [2.05, 4.69) is 20.2 Å². The highest BCUT2D eigenvalue weighted by Crippen LogP contribution is 2.24. The van der Waals surface area contributed by atoms with Gasteiger partial charge in [-0.1, -0.05) is 12.1 Å². The van der Waals surface area contributed by atoms with Crippen LogP contribution in [0.1, 0.15) is 22.5 Å². The van der Waals surface area contributed by atoms with Crippen LogP contribution in [0, 0.1) is 13.8 Å². The number of aromatic amines is 1. The quantitative estimate of drug-likeness (QED) is 0.781. The number of sulfonamides is 1. The van der Waals surface area contributed by atoms with Gasteiger partial charge in [-0.25, -0.2) is 13.1 Å². The predicted molar refractivity (Wildman–Crippen MR) is 80.9 cm³/mol. The molecule has 7 nitrogen and oxygen atoms in total. The van der Waals surface area contributed by atoms with E-state index in [1.54, 1.807) is 26.0 Å². The fourth-order valence-electron chi connectivity index (χ4n) is 2.58. The van der Waals surface area contributed by atoms with Crippen molar-refractivity contribution < 1.29 is 13.2 Å². The summed E-state index contributed by atoms with van der Waals surface area (Å²) >= 11 is 0. The maximum absolute atomic E-state index is 12.4. The van der Waals surface area contributed by atoms with E-state index in [0.29, 0.717) is 17.8 Å². The van der Waals surface area contributed by atoms with Gasteiger partial charge in [-0.3, -0.25) is 9.89 Å². The van der Waals surface area contributed by atoms with Crippen molar-refractivity contribution in [3.05, 3.63) is 40.7 Å². The first-order chi connectivity index (χ1) is 10.4. The maximum atomic E-state index is 12.4. The number of nitrogens with zero attached hydrogens (tertiary/aromatic N) is 1. The molecule has 0 atom stereocenters. The number of amides is 1. The van der Waals surface area contributed by atoms with Crippen LogP contribution in [0.2, 0.25) is 0 Å². The van der Waals surface area contributed by atoms with Gasteiger partial charge in [0.25, 0.3) is 0 Å². The van der Waals surface area contributed by atoms with Gasteiger partial charge in [0.05, 0.1) is 17.8 Å². The number of aromatic nitrogens is 2. The summed E-state index contributed by atoms with van der Waals surface area (Å²) in [6, 6.07) is 5.42. The van der Waals surface area contributed by atoms with Gasteiger partial charge in [0.2, 0.25) is 15.9 Å². The molecule has 8 heteroatoms. The second-order valence-corrected chi connectivity index (χ2v) is 7.01. The van der Waals surface area contributed by atoms with Gasteiger partial charge >= 0.3 is 0 Å². The first-order valence-electron chi connectivity index (χ1n) is 6.80. The lowest BCUT2D eigenvalue weighted by atomic mass is 10.1. The number of aryl methyl sites for hydroxylation is 2. The molecule has 3 rings (SSSR count). The van der Waals surface area contributed by atoms with E-state index in [0.717, 1.165) is 16.8 Å². The maximum Gasteiger partial charge on any atom is 0.244 e. The fraction of sp³-hybridized carbons (Fsp3) is 0.286. The number of anilines is 1. The summed E-state index contributed by atoms with van der Waals surface area (Å²) in [5.41, 5.74) is 3.43. The predicted octanol–water partition coefficient (Wildman–Crippen LogP) is 1.000. The molecule has 0 radical (unpaired) electrons. The number of rotatable bonds is 4. The number of nitrogens with one attached hydrogen (secondary N) is 3. The Morgan fingerprint density at radius 2 is 2.09 bits per heavy atom. The van der Waals surface area contributed by atoms with E-state index in [-0.39, 0.29) is 17.3 Å². The number of hydrogen-bond donors (Lipinski definition) is 3. The van der Waals surface area contributed by atoms with Gasteiger partial charge in [-0.15, -0.1) is 0 Å². The van der Waals surface area contributed by atoms with E-state index < -0.39 is 10.0 Å². The second-order valence-electron chi connectivity index (χ2n) is 5.30. The highest BCUT2D eigenvalue weighted by Gasteiger charge is 2.22. The highest BCUT2D eigenvalue weighted by atomic mass is 32.2. The Labute approximate surface area is 128 Å². The smallest absolute Gasteiger partial charge is 0.244 e. The Hall–Kier alpha value is -2.19. The fourth-order valence-corrected chi connectivity index (χ4v) is 3.96. The lowest BCUT2D eigenvalue weighted by Crippen LogP contribution is -2.24. The van der Waals surface area contributed by atoms with Crippen LogP contribution in [0.15, 0.2) is 23.1 Å². The minimum Gasteiger partial charge on any atom is -0.326 e. The van der Waals surface area contributed by atoms with Crippen molar-refractivity contribution in [1.29, 1.82) is 0 Å². The first-order valence-corrected chi connectivity index (χ1v) is 8.28. The molecule has 0 aliphatic carbocycles. The standard InChI is InChI=1S/C14H16N4O3S/c1-8-14(9(2)18-17-8)22(20,21)15-7-10-3-4-12-11(5-10)6-13(19)16-12/h3-5,15H,6-7H2,1-2H3,(H,16,19)(H,17,18). The zero-order valence-electron chi connectivity index (χ0n) is 12.2. The number of carbonyl (C=O) groups is 1. The van der Waals surface area contributed by atoms with Crippen molar-refractivity contribution in [2.24, 2.45) is 0 Å². The average Bonchev–Trinajstić information content (AvgIpc) is 2.98. The summed E-state index contributed by atoms with van der Waals surface area (Å²) < 4.78 is 27.3. The highest BCUT2D eigenvalue weighted by molar-refractivity contribution is 7.89. The molecule has 22 heavy (non-hydrogen) atoms. The molecular weight excluding hydrogens is 304 g/mol. The van der Waals surface area contributed by atoms with E-state index in [4.69, 9.17) is 0 Å². The molecule has 1 aromatic heterocycles. The minimum absolute atomic E-state index is 0.0441. The van der Waals surface area contributed by atoms with Gasteiger partial charge in [-0.05, 0) is 31.0 Å². The van der Waals surface area contributed by atoms with E-state index >= 15 is 0 Å². The molecule has 0 bridgehead atoms. The molecule has 0 unspecified atom stereocenters. The van der Waals surface area contributed by atoms with Crippen molar-refractivity contribution >= 4 is 21.6 Å². The summed E-state index contributed by atoms with van der Waals surface area (Å²) in [6.07, 6.45) is 0.329. The van der Waals surface area contributed by atoms with Crippen LogP contribution < -0.4 is 10.0 Å². The van der Waals surface area contributed by atoms with E-state index in [1.807, 2.05) is 6.07 Å². The van der Waals surface area contributed by atoms with Crippen LogP contribution in [0.5, 0.6) is 0 Å². The molecule has 116 valence electrons. The van der Waals surface area contributed by atoms with Crippen LogP contribution in [-0.4, -0.2) is 24.5 Å². The number of H-pyrrole nitrogens is 1. The van der Waals surface area contributed by atoms with Crippen LogP contribution in [-0.2, 0) is 27.8 Å². The number of hydrogen-bond acceptors (Lipinski definition) is 4. The molecule has 2 heterocycles. The summed E-state index contributed by atoms with van der Waals surface area (Å²) in [6.45, 7) is 3.47. The Kier molecular flexibility index (Phi) is 3.50. The van der Waals surface area contributed by atoms with Gasteiger partial charge in [0.1, 0.15) is 4.90 Å². The van der Waals surface area contributed by atoms with Crippen molar-refractivity contribution in [3.8, 4) is 0 Å². The van der Waals surface area contributed by atoms with E-state index in [9.17, 15) is 13.2 Å². The Morgan fingerprint density at radius 3 is 2.77 bits per heavy atom. The van der Waals surface area contributed by atoms with Crippen molar-refractivity contribution in [3.63, 3.8) is 0 Å². The molecule has 1 amide bonds. The third-order valence-corrected chi connectivity index (χ3v) is 5.25. The van der Waals surface area contributed by atoms with Crippen LogP contribution in [0.25, 0.3) is 0 Å². The monoisotopic (exact) mass is 320 g/mol. The molecule has 2 aromatic rings. The largest absolute Gasteiger partial charge is 0.326 e. The van der Waals surface area contributed by atoms with Crippen LogP contribution in [0.3, 0.4) is 0 Å². The average molecular weight is 320 g/mol. The van der Waals surface area contributed by atoms with Crippen LogP contribution >= 0.6 is 0 Å². The lowest BCUT2D eigenvalue weighted by molar-refractivity contribution is -0.115. The lowest BCUT2D eigenvalue weighted by Gasteiger charge is -2.08. The molecular formula is C14H16N4O3S. The molecule has 0 saturated heterocycles. The van der Waals surface area contributed by atoms with Crippen LogP contribution in [0.4, 0.5) is 5.69 Å². The molecule has 1 aromatic carbocycles. The molecule has 0 fully saturated rings. The zero-order valence-corrected chi connectivity index (χ0v) is 13.0. The van der Waals surface area contributed by atoms with Gasteiger partial charge in [0.15, 0.2) is 0 Å². The number of benzene rings is 1. The van der Waals surface area contributed by atoms with Crippen molar-refractivity contribution in [2.75, 3.05) is 5.32 Å². The third-order valence-electron chi connectivity index (χ3n) is 3.59. The second kappa shape index (κ2) is 5.22. The third kappa shape index (κ3) is 2.62. The first kappa shape index (κ1) is 14.7. The Balaban J connectivity index is 1.78. The summed E-state index contributed by atoms with van der Waals surface area (Å²) in [5.74, 6) is -0.0441. The van der Waals surface area contributed by atoms with Crippen molar-refractivity contribution in [1.82, 2.24) is 14.9 Å². The minimum atomic E-state index is -3.63. The molecule has 1 aliphatic rings. The Morgan fingerprint density at radius 1 is 1.32 bits per heavy atom. The molecule has 0 spiro atoms. The van der Waals surface area contributed by atoms with Gasteiger partial charge in [-0.2, -0.15) is 5.10 Å². The topological polar surface area (TPSA) is 104 Å². The number of carbonyl (C=O) groups excluding carboxylic acids is 1. The number of fused-ring (bicyclic) bond motifs is 1. The SMILES string of the molecule is Cc1n[nH]c(C)c1S(=O)(=O)NCc1ccc2c(c1)CC(=O)N2. The summed E-state index contributed by atoms with van der Waals surface area (Å²) in [4.78, 5) is 11.5. The van der Waals surface area contributed by atoms with Gasteiger partial charge in [0, 0.05) is 12.2 Å².